The van der Waals surface area contributed by atoms with Crippen LogP contribution in [0.25, 0.3) is 0 Å². The van der Waals surface area contributed by atoms with E-state index in [2.05, 4.69) is 34.5 Å². The van der Waals surface area contributed by atoms with Crippen LogP contribution in [0.4, 0.5) is 0 Å². The molecule has 146 valence electrons. The van der Waals surface area contributed by atoms with Gasteiger partial charge >= 0.3 is 0 Å². The Morgan fingerprint density at radius 3 is 2.89 bits per heavy atom. The van der Waals surface area contributed by atoms with Crippen LogP contribution in [0.15, 0.2) is 42.5 Å². The van der Waals surface area contributed by atoms with Crippen LogP contribution in [0.3, 0.4) is 0 Å². The summed E-state index contributed by atoms with van der Waals surface area (Å²) in [7, 11) is 1.94. The Kier molecular flexibility index (Phi) is 7.67. The number of thiophene rings is 1. The lowest BCUT2D eigenvalue weighted by Crippen LogP contribution is -2.48. The summed E-state index contributed by atoms with van der Waals surface area (Å²) in [5, 5.41) is 3.00. The van der Waals surface area contributed by atoms with E-state index in [0.717, 1.165) is 35.4 Å². The van der Waals surface area contributed by atoms with Crippen LogP contribution in [0, 0.1) is 0 Å². The molecule has 3 rings (SSSR count). The van der Waals surface area contributed by atoms with Crippen molar-refractivity contribution < 1.29 is 9.53 Å². The first kappa shape index (κ1) is 20.3. The zero-order chi connectivity index (χ0) is 19.1. The molecule has 1 atom stereocenters. The summed E-state index contributed by atoms with van der Waals surface area (Å²) in [5.41, 5.74) is 1.30. The van der Waals surface area contributed by atoms with Gasteiger partial charge in [-0.05, 0) is 24.7 Å². The van der Waals surface area contributed by atoms with Crippen molar-refractivity contribution in [1.82, 2.24) is 15.1 Å². The number of morpholine rings is 1. The molecule has 2 heterocycles. The standard InChI is InChI=1S/C20H26ClN3O2S/c1-23(14-18-7-8-19(21)27-18)15-20(25)22-11-17-13-24(9-10-26-17)12-16-5-3-2-4-6-16/h2-8,17H,9-15H2,1H3,(H,22,25). The van der Waals surface area contributed by atoms with Crippen LogP contribution in [0.1, 0.15) is 10.4 Å². The number of nitrogens with one attached hydrogen (secondary N) is 1. The van der Waals surface area contributed by atoms with Crippen LogP contribution in [0.5, 0.6) is 0 Å². The Balaban J connectivity index is 1.37. The molecule has 1 fully saturated rings. The van der Waals surface area contributed by atoms with Crippen molar-refractivity contribution in [2.45, 2.75) is 19.2 Å². The molecule has 5 nitrogen and oxygen atoms in total. The summed E-state index contributed by atoms with van der Waals surface area (Å²) in [6.07, 6.45) is 0.0350. The average molecular weight is 408 g/mol. The first-order valence-corrected chi connectivity index (χ1v) is 10.4. The van der Waals surface area contributed by atoms with Crippen LogP contribution in [0.2, 0.25) is 4.34 Å². The normalized spacial score (nSPS) is 18.0. The van der Waals surface area contributed by atoms with Gasteiger partial charge in [-0.25, -0.2) is 0 Å². The molecule has 1 N–H and O–H groups in total. The summed E-state index contributed by atoms with van der Waals surface area (Å²) in [6, 6.07) is 14.3. The van der Waals surface area contributed by atoms with E-state index in [1.807, 2.05) is 30.1 Å². The minimum Gasteiger partial charge on any atom is -0.374 e. The third-order valence-electron chi connectivity index (χ3n) is 4.47. The number of benzene rings is 1. The van der Waals surface area contributed by atoms with Gasteiger partial charge in [0.2, 0.25) is 5.91 Å². The minimum atomic E-state index is 0.0175. The maximum Gasteiger partial charge on any atom is 0.234 e. The van der Waals surface area contributed by atoms with Gasteiger partial charge in [0, 0.05) is 37.6 Å². The topological polar surface area (TPSA) is 44.8 Å². The van der Waals surface area contributed by atoms with Crippen molar-refractivity contribution >= 4 is 28.8 Å². The summed E-state index contributed by atoms with van der Waals surface area (Å²) in [4.78, 5) is 17.7. The van der Waals surface area contributed by atoms with Crippen molar-refractivity contribution in [3.05, 3.63) is 57.2 Å². The number of hydrogen-bond acceptors (Lipinski definition) is 5. The third-order valence-corrected chi connectivity index (χ3v) is 5.68. The van der Waals surface area contributed by atoms with Crippen molar-refractivity contribution in [1.29, 1.82) is 0 Å². The number of hydrogen-bond donors (Lipinski definition) is 1. The van der Waals surface area contributed by atoms with Crippen molar-refractivity contribution in [2.24, 2.45) is 0 Å². The van der Waals surface area contributed by atoms with E-state index in [1.165, 1.54) is 5.56 Å². The van der Waals surface area contributed by atoms with Crippen molar-refractivity contribution in [3.63, 3.8) is 0 Å². The zero-order valence-electron chi connectivity index (χ0n) is 15.6. The van der Waals surface area contributed by atoms with Gasteiger partial charge in [-0.3, -0.25) is 14.6 Å². The van der Waals surface area contributed by atoms with Crippen LogP contribution < -0.4 is 5.32 Å². The highest BCUT2D eigenvalue weighted by Gasteiger charge is 2.21. The molecular formula is C20H26ClN3O2S. The molecule has 0 radical (unpaired) electrons. The molecule has 0 spiro atoms. The van der Waals surface area contributed by atoms with Gasteiger partial charge in [0.1, 0.15) is 0 Å². The van der Waals surface area contributed by atoms with Crippen molar-refractivity contribution in [2.75, 3.05) is 39.8 Å². The second kappa shape index (κ2) is 10.2. The van der Waals surface area contributed by atoms with E-state index in [9.17, 15) is 4.79 Å². The predicted molar refractivity (Wildman–Crippen MR) is 110 cm³/mol. The summed E-state index contributed by atoms with van der Waals surface area (Å²) < 4.78 is 6.59. The first-order chi connectivity index (χ1) is 13.1. The maximum atomic E-state index is 12.2. The molecule has 1 saturated heterocycles. The molecule has 1 amide bonds. The van der Waals surface area contributed by atoms with Crippen molar-refractivity contribution in [3.8, 4) is 0 Å². The van der Waals surface area contributed by atoms with Gasteiger partial charge in [-0.15, -0.1) is 11.3 Å². The van der Waals surface area contributed by atoms with Crippen LogP contribution in [-0.2, 0) is 22.6 Å². The van der Waals surface area contributed by atoms with Gasteiger partial charge in [-0.2, -0.15) is 0 Å². The van der Waals surface area contributed by atoms with Gasteiger partial charge in [0.15, 0.2) is 0 Å². The second-order valence-corrected chi connectivity index (χ2v) is 8.70. The molecule has 1 aliphatic rings. The summed E-state index contributed by atoms with van der Waals surface area (Å²) in [5.74, 6) is 0.0175. The Bertz CT molecular complexity index is 725. The molecular weight excluding hydrogens is 382 g/mol. The van der Waals surface area contributed by atoms with Gasteiger partial charge < -0.3 is 10.1 Å². The Labute approximate surface area is 169 Å². The largest absolute Gasteiger partial charge is 0.374 e. The van der Waals surface area contributed by atoms with E-state index >= 15 is 0 Å². The maximum absolute atomic E-state index is 12.2. The van der Waals surface area contributed by atoms with E-state index in [1.54, 1.807) is 11.3 Å². The number of nitrogens with zero attached hydrogens (tertiary/aromatic N) is 2. The highest BCUT2D eigenvalue weighted by molar-refractivity contribution is 7.16. The van der Waals surface area contributed by atoms with E-state index < -0.39 is 0 Å². The van der Waals surface area contributed by atoms with E-state index in [0.29, 0.717) is 19.7 Å². The Morgan fingerprint density at radius 1 is 1.33 bits per heavy atom. The average Bonchev–Trinajstić information content (AvgIpc) is 3.06. The molecule has 27 heavy (non-hydrogen) atoms. The third kappa shape index (κ3) is 6.90. The molecule has 0 bridgehead atoms. The summed E-state index contributed by atoms with van der Waals surface area (Å²) >= 11 is 7.50. The monoisotopic (exact) mass is 407 g/mol. The fourth-order valence-corrected chi connectivity index (χ4v) is 4.34. The lowest BCUT2D eigenvalue weighted by Gasteiger charge is -2.33. The smallest absolute Gasteiger partial charge is 0.234 e. The molecule has 0 saturated carbocycles. The van der Waals surface area contributed by atoms with Crippen LogP contribution in [-0.4, -0.2) is 61.6 Å². The van der Waals surface area contributed by atoms with Gasteiger partial charge in [-0.1, -0.05) is 41.9 Å². The quantitative estimate of drug-likeness (QED) is 0.730. The van der Waals surface area contributed by atoms with E-state index in [4.69, 9.17) is 16.3 Å². The lowest BCUT2D eigenvalue weighted by atomic mass is 10.2. The van der Waals surface area contributed by atoms with Crippen LogP contribution >= 0.6 is 22.9 Å². The molecule has 1 aromatic carbocycles. The van der Waals surface area contributed by atoms with E-state index in [-0.39, 0.29) is 12.0 Å². The molecule has 1 unspecified atom stereocenters. The minimum absolute atomic E-state index is 0.0175. The fraction of sp³-hybridized carbons (Fsp3) is 0.450. The predicted octanol–water partition coefficient (Wildman–Crippen LogP) is 2.85. The molecule has 2 aromatic rings. The molecule has 7 heteroatoms. The molecule has 1 aromatic heterocycles. The number of rotatable bonds is 8. The number of carbonyl (C=O) groups excluding carboxylic acids is 1. The SMILES string of the molecule is CN(CC(=O)NCC1CN(Cc2ccccc2)CCO1)Cc1ccc(Cl)s1. The molecule has 1 aliphatic heterocycles. The Morgan fingerprint density at radius 2 is 2.15 bits per heavy atom. The second-order valence-electron chi connectivity index (χ2n) is 6.90. The number of halogens is 1. The zero-order valence-corrected chi connectivity index (χ0v) is 17.1. The Hall–Kier alpha value is -1.44. The highest BCUT2D eigenvalue weighted by atomic mass is 35.5. The number of ether oxygens (including phenoxy) is 1. The fourth-order valence-electron chi connectivity index (χ4n) is 3.18. The number of likely N-dealkylation sites (N-methyl/N-ethyl adjacent to an activating group) is 1. The number of carbonyl (C=O) groups is 1. The summed E-state index contributed by atoms with van der Waals surface area (Å²) in [6.45, 7) is 4.99. The van der Waals surface area contributed by atoms with Gasteiger partial charge in [0.25, 0.3) is 0 Å². The lowest BCUT2D eigenvalue weighted by molar-refractivity contribution is -0.123. The highest BCUT2D eigenvalue weighted by Crippen LogP contribution is 2.22. The van der Waals surface area contributed by atoms with Gasteiger partial charge in [0.05, 0.1) is 23.6 Å². The first-order valence-electron chi connectivity index (χ1n) is 9.16. The number of amides is 1. The molecule has 0 aliphatic carbocycles.